The van der Waals surface area contributed by atoms with Gasteiger partial charge in [0.2, 0.25) is 0 Å². The Bertz CT molecular complexity index is 337. The Morgan fingerprint density at radius 2 is 2.08 bits per heavy atom. The summed E-state index contributed by atoms with van der Waals surface area (Å²) in [5, 5.41) is 26.1. The molecule has 0 saturated heterocycles. The summed E-state index contributed by atoms with van der Waals surface area (Å²) in [6.45, 7) is 0. The molecule has 1 atom stereocenters. The van der Waals surface area contributed by atoms with Crippen molar-refractivity contribution >= 4 is 5.97 Å². The highest BCUT2D eigenvalue weighted by atomic mass is 19.1. The average molecular weight is 186 g/mol. The monoisotopic (exact) mass is 186 g/mol. The lowest BCUT2D eigenvalue weighted by Gasteiger charge is -2.06. The third kappa shape index (κ3) is 1.94. The van der Waals surface area contributed by atoms with Crippen molar-refractivity contribution in [1.29, 1.82) is 0 Å². The van der Waals surface area contributed by atoms with Gasteiger partial charge < -0.3 is 15.3 Å². The second-order valence-electron chi connectivity index (χ2n) is 2.45. The van der Waals surface area contributed by atoms with E-state index in [2.05, 4.69) is 0 Å². The lowest BCUT2D eigenvalue weighted by Crippen LogP contribution is -2.11. The van der Waals surface area contributed by atoms with Crippen LogP contribution in [0.5, 0.6) is 5.75 Å². The van der Waals surface area contributed by atoms with Gasteiger partial charge in [-0.15, -0.1) is 0 Å². The average Bonchev–Trinajstić information content (AvgIpc) is 2.03. The molecule has 1 aromatic carbocycles. The second-order valence-corrected chi connectivity index (χ2v) is 2.45. The SMILES string of the molecule is O=C(O)C(O)c1ccc(O)cc1F. The van der Waals surface area contributed by atoms with E-state index >= 15 is 0 Å². The Labute approximate surface area is 72.9 Å². The maximum Gasteiger partial charge on any atom is 0.337 e. The lowest BCUT2D eigenvalue weighted by atomic mass is 10.1. The van der Waals surface area contributed by atoms with E-state index in [0.29, 0.717) is 0 Å². The zero-order valence-corrected chi connectivity index (χ0v) is 6.44. The molecule has 0 spiro atoms. The minimum atomic E-state index is -1.90. The van der Waals surface area contributed by atoms with Gasteiger partial charge in [0.15, 0.2) is 6.10 Å². The summed E-state index contributed by atoms with van der Waals surface area (Å²) in [5.41, 5.74) is -0.370. The van der Waals surface area contributed by atoms with Crippen molar-refractivity contribution in [2.75, 3.05) is 0 Å². The number of rotatable bonds is 2. The molecule has 3 N–H and O–H groups in total. The number of phenolic OH excluding ortho intramolecular Hbond substituents is 1. The van der Waals surface area contributed by atoms with Crippen LogP contribution in [0.15, 0.2) is 18.2 Å². The molecule has 70 valence electrons. The predicted molar refractivity (Wildman–Crippen MR) is 40.7 cm³/mol. The van der Waals surface area contributed by atoms with Gasteiger partial charge in [0.1, 0.15) is 11.6 Å². The number of aliphatic carboxylic acids is 1. The largest absolute Gasteiger partial charge is 0.508 e. The highest BCUT2D eigenvalue weighted by Crippen LogP contribution is 2.21. The number of carbonyl (C=O) groups is 1. The molecule has 0 fully saturated rings. The number of halogens is 1. The van der Waals surface area contributed by atoms with Gasteiger partial charge in [-0.1, -0.05) is 0 Å². The van der Waals surface area contributed by atoms with Crippen molar-refractivity contribution in [3.8, 4) is 5.75 Å². The standard InChI is InChI=1S/C8H7FO4/c9-6-3-4(10)1-2-5(6)7(11)8(12)13/h1-3,7,10-11H,(H,12,13). The van der Waals surface area contributed by atoms with Crippen LogP contribution in [-0.2, 0) is 4.79 Å². The first kappa shape index (κ1) is 9.47. The Kier molecular flexibility index (Phi) is 2.48. The molecule has 1 unspecified atom stereocenters. The zero-order chi connectivity index (χ0) is 10.0. The van der Waals surface area contributed by atoms with Crippen LogP contribution in [0.3, 0.4) is 0 Å². The predicted octanol–water partition coefficient (Wildman–Crippen LogP) is 0.649. The van der Waals surface area contributed by atoms with Gasteiger partial charge in [-0.2, -0.15) is 0 Å². The van der Waals surface area contributed by atoms with Gasteiger partial charge in [-0.25, -0.2) is 9.18 Å². The van der Waals surface area contributed by atoms with E-state index in [1.807, 2.05) is 0 Å². The van der Waals surface area contributed by atoms with Crippen LogP contribution in [0.1, 0.15) is 11.7 Å². The lowest BCUT2D eigenvalue weighted by molar-refractivity contribution is -0.147. The van der Waals surface area contributed by atoms with Crippen molar-refractivity contribution < 1.29 is 24.5 Å². The van der Waals surface area contributed by atoms with E-state index in [0.717, 1.165) is 18.2 Å². The summed E-state index contributed by atoms with van der Waals surface area (Å²) in [5.74, 6) is -2.81. The number of hydrogen-bond donors (Lipinski definition) is 3. The Morgan fingerprint density at radius 3 is 2.54 bits per heavy atom. The molecule has 4 nitrogen and oxygen atoms in total. The molecule has 0 bridgehead atoms. The maximum atomic E-state index is 12.9. The smallest absolute Gasteiger partial charge is 0.337 e. The number of aliphatic hydroxyl groups excluding tert-OH is 1. The van der Waals surface area contributed by atoms with E-state index in [9.17, 15) is 9.18 Å². The number of carboxylic acids is 1. The van der Waals surface area contributed by atoms with Gasteiger partial charge in [-0.3, -0.25) is 0 Å². The van der Waals surface area contributed by atoms with Gasteiger partial charge in [0.05, 0.1) is 0 Å². The van der Waals surface area contributed by atoms with Crippen LogP contribution in [0.2, 0.25) is 0 Å². The van der Waals surface area contributed by atoms with Crippen LogP contribution in [0.4, 0.5) is 4.39 Å². The van der Waals surface area contributed by atoms with E-state index in [1.165, 1.54) is 0 Å². The number of phenols is 1. The molecule has 1 aromatic rings. The minimum Gasteiger partial charge on any atom is -0.508 e. The molecule has 0 aliphatic heterocycles. The number of hydrogen-bond acceptors (Lipinski definition) is 3. The Hall–Kier alpha value is -1.62. The normalized spacial score (nSPS) is 12.5. The molecule has 0 saturated carbocycles. The number of aliphatic hydroxyl groups is 1. The zero-order valence-electron chi connectivity index (χ0n) is 6.44. The van der Waals surface area contributed by atoms with Crippen LogP contribution in [-0.4, -0.2) is 21.3 Å². The van der Waals surface area contributed by atoms with Crippen LogP contribution in [0, 0.1) is 5.82 Å². The summed E-state index contributed by atoms with van der Waals surface area (Å²) < 4.78 is 12.9. The fraction of sp³-hybridized carbons (Fsp3) is 0.125. The van der Waals surface area contributed by atoms with Gasteiger partial charge in [0.25, 0.3) is 0 Å². The molecule has 0 aliphatic rings. The number of aromatic hydroxyl groups is 1. The molecule has 13 heavy (non-hydrogen) atoms. The highest BCUT2D eigenvalue weighted by molar-refractivity contribution is 5.74. The molecule has 0 aliphatic carbocycles. The second kappa shape index (κ2) is 3.40. The van der Waals surface area contributed by atoms with Gasteiger partial charge in [0, 0.05) is 11.6 Å². The molecular formula is C8H7FO4. The quantitative estimate of drug-likeness (QED) is 0.633. The van der Waals surface area contributed by atoms with Crippen LogP contribution in [0.25, 0.3) is 0 Å². The number of carboxylic acid groups (broad SMARTS) is 1. The highest BCUT2D eigenvalue weighted by Gasteiger charge is 2.19. The first-order valence-corrected chi connectivity index (χ1v) is 3.41. The molecule has 5 heteroatoms. The fourth-order valence-corrected chi connectivity index (χ4v) is 0.871. The van der Waals surface area contributed by atoms with Crippen LogP contribution < -0.4 is 0 Å². The first-order valence-electron chi connectivity index (χ1n) is 3.41. The van der Waals surface area contributed by atoms with E-state index in [-0.39, 0.29) is 11.3 Å². The summed E-state index contributed by atoms with van der Waals surface area (Å²) in [6, 6.07) is 2.86. The van der Waals surface area contributed by atoms with Gasteiger partial charge in [-0.05, 0) is 12.1 Å². The van der Waals surface area contributed by atoms with Gasteiger partial charge >= 0.3 is 5.97 Å². The number of benzene rings is 1. The van der Waals surface area contributed by atoms with Crippen molar-refractivity contribution in [2.45, 2.75) is 6.10 Å². The summed E-state index contributed by atoms with van der Waals surface area (Å²) in [6.07, 6.45) is -1.90. The maximum absolute atomic E-state index is 12.9. The molecule has 1 rings (SSSR count). The van der Waals surface area contributed by atoms with Crippen molar-refractivity contribution in [3.63, 3.8) is 0 Å². The third-order valence-corrected chi connectivity index (χ3v) is 1.51. The van der Waals surface area contributed by atoms with E-state index in [1.54, 1.807) is 0 Å². The fourth-order valence-electron chi connectivity index (χ4n) is 0.871. The first-order chi connectivity index (χ1) is 6.02. The van der Waals surface area contributed by atoms with E-state index in [4.69, 9.17) is 15.3 Å². The molecule has 0 heterocycles. The summed E-state index contributed by atoms with van der Waals surface area (Å²) in [4.78, 5) is 10.3. The molecule has 0 aromatic heterocycles. The topological polar surface area (TPSA) is 77.8 Å². The third-order valence-electron chi connectivity index (χ3n) is 1.51. The molecule has 0 radical (unpaired) electrons. The Morgan fingerprint density at radius 1 is 1.46 bits per heavy atom. The molecule has 0 amide bonds. The summed E-state index contributed by atoms with van der Waals surface area (Å²) in [7, 11) is 0. The summed E-state index contributed by atoms with van der Waals surface area (Å²) >= 11 is 0. The Balaban J connectivity index is 3.08. The van der Waals surface area contributed by atoms with Crippen molar-refractivity contribution in [3.05, 3.63) is 29.6 Å². The van der Waals surface area contributed by atoms with E-state index < -0.39 is 17.9 Å². The molecular weight excluding hydrogens is 179 g/mol. The minimum absolute atomic E-state index is 0.321. The van der Waals surface area contributed by atoms with Crippen molar-refractivity contribution in [2.24, 2.45) is 0 Å². The van der Waals surface area contributed by atoms with Crippen LogP contribution >= 0.6 is 0 Å². The van der Waals surface area contributed by atoms with Crippen molar-refractivity contribution in [1.82, 2.24) is 0 Å².